The fraction of sp³-hybridized carbons (Fsp3) is 0.200. The Bertz CT molecular complexity index is 467. The molecule has 1 unspecified atom stereocenters. The average Bonchev–Trinajstić information content (AvgIpc) is 2.32. The van der Waals surface area contributed by atoms with Gasteiger partial charge in [-0.2, -0.15) is 0 Å². The predicted molar refractivity (Wildman–Crippen MR) is 74.0 cm³/mol. The summed E-state index contributed by atoms with van der Waals surface area (Å²) >= 11 is 22.4. The fourth-order valence-electron chi connectivity index (χ4n) is 0.997. The van der Waals surface area contributed by atoms with Gasteiger partial charge in [0.25, 0.3) is 0 Å². The molecule has 0 aliphatic carbocycles. The summed E-state index contributed by atoms with van der Waals surface area (Å²) in [7, 11) is 0. The SMILES string of the molecule is O=C(NC(=O)C(Cl)CCl)Nc1ccc(Cl)c(Cl)c1. The molecule has 0 saturated carbocycles. The number of carbonyl (C=O) groups is 2. The highest BCUT2D eigenvalue weighted by atomic mass is 35.5. The monoisotopic (exact) mass is 328 g/mol. The number of urea groups is 1. The number of nitrogens with one attached hydrogen (secondary N) is 2. The summed E-state index contributed by atoms with van der Waals surface area (Å²) in [5.74, 6) is -0.766. The van der Waals surface area contributed by atoms with Crippen LogP contribution >= 0.6 is 46.4 Å². The summed E-state index contributed by atoms with van der Waals surface area (Å²) < 4.78 is 0. The molecule has 3 amide bonds. The van der Waals surface area contributed by atoms with Crippen molar-refractivity contribution in [2.75, 3.05) is 11.2 Å². The van der Waals surface area contributed by atoms with Crippen molar-refractivity contribution in [2.45, 2.75) is 5.38 Å². The number of amides is 3. The second kappa shape index (κ2) is 7.04. The van der Waals surface area contributed by atoms with Gasteiger partial charge in [0.15, 0.2) is 0 Å². The lowest BCUT2D eigenvalue weighted by Gasteiger charge is -2.09. The Kier molecular flexibility index (Phi) is 6.02. The molecule has 0 aliphatic rings. The van der Waals surface area contributed by atoms with Gasteiger partial charge < -0.3 is 5.32 Å². The zero-order valence-electron chi connectivity index (χ0n) is 8.84. The molecule has 98 valence electrons. The van der Waals surface area contributed by atoms with E-state index in [-0.39, 0.29) is 10.9 Å². The standard InChI is InChI=1S/C10H8Cl4N2O2/c11-4-8(14)9(17)16-10(18)15-5-1-2-6(12)7(13)3-5/h1-3,8H,4H2,(H2,15,16,17,18). The summed E-state index contributed by atoms with van der Waals surface area (Å²) in [6.45, 7) is 0. The molecular weight excluding hydrogens is 322 g/mol. The van der Waals surface area contributed by atoms with Gasteiger partial charge in [0.2, 0.25) is 5.91 Å². The predicted octanol–water partition coefficient (Wildman–Crippen LogP) is 3.49. The topological polar surface area (TPSA) is 58.2 Å². The van der Waals surface area contributed by atoms with E-state index in [4.69, 9.17) is 46.4 Å². The van der Waals surface area contributed by atoms with Crippen molar-refractivity contribution in [3.05, 3.63) is 28.2 Å². The molecule has 0 heterocycles. The molecule has 4 nitrogen and oxygen atoms in total. The van der Waals surface area contributed by atoms with Crippen molar-refractivity contribution in [3.8, 4) is 0 Å². The van der Waals surface area contributed by atoms with Gasteiger partial charge in [-0.3, -0.25) is 10.1 Å². The first-order valence-corrected chi connectivity index (χ1v) is 6.43. The maximum Gasteiger partial charge on any atom is 0.325 e. The molecule has 0 radical (unpaired) electrons. The first-order chi connectivity index (χ1) is 8.43. The van der Waals surface area contributed by atoms with E-state index in [2.05, 4.69) is 5.32 Å². The molecule has 2 N–H and O–H groups in total. The van der Waals surface area contributed by atoms with Crippen molar-refractivity contribution in [1.82, 2.24) is 5.32 Å². The maximum atomic E-state index is 11.4. The summed E-state index contributed by atoms with van der Waals surface area (Å²) in [6.07, 6.45) is 0. The van der Waals surface area contributed by atoms with Crippen molar-refractivity contribution < 1.29 is 9.59 Å². The molecule has 18 heavy (non-hydrogen) atoms. The van der Waals surface area contributed by atoms with Gasteiger partial charge in [0.05, 0.1) is 10.0 Å². The Morgan fingerprint density at radius 1 is 1.22 bits per heavy atom. The van der Waals surface area contributed by atoms with Crippen LogP contribution in [-0.4, -0.2) is 23.2 Å². The summed E-state index contributed by atoms with van der Waals surface area (Å²) in [5, 5.41) is 4.12. The van der Waals surface area contributed by atoms with E-state index in [1.165, 1.54) is 18.2 Å². The molecule has 1 aromatic rings. The van der Waals surface area contributed by atoms with Gasteiger partial charge in [-0.25, -0.2) is 4.79 Å². The maximum absolute atomic E-state index is 11.4. The summed E-state index contributed by atoms with van der Waals surface area (Å²) in [4.78, 5) is 22.7. The smallest absolute Gasteiger partial charge is 0.308 e. The Morgan fingerprint density at radius 3 is 2.44 bits per heavy atom. The van der Waals surface area contributed by atoms with Crippen LogP contribution in [0.2, 0.25) is 10.0 Å². The van der Waals surface area contributed by atoms with E-state index < -0.39 is 17.3 Å². The highest BCUT2D eigenvalue weighted by molar-refractivity contribution is 6.42. The average molecular weight is 330 g/mol. The van der Waals surface area contributed by atoms with Crippen LogP contribution in [-0.2, 0) is 4.79 Å². The van der Waals surface area contributed by atoms with Gasteiger partial charge in [-0.1, -0.05) is 23.2 Å². The minimum Gasteiger partial charge on any atom is -0.308 e. The quantitative estimate of drug-likeness (QED) is 0.834. The molecule has 0 fully saturated rings. The van der Waals surface area contributed by atoms with Gasteiger partial charge in [0.1, 0.15) is 5.38 Å². The molecule has 0 bridgehead atoms. The molecule has 8 heteroatoms. The van der Waals surface area contributed by atoms with Crippen LogP contribution in [0.1, 0.15) is 0 Å². The van der Waals surface area contributed by atoms with Gasteiger partial charge >= 0.3 is 6.03 Å². The van der Waals surface area contributed by atoms with Crippen molar-refractivity contribution >= 4 is 64.0 Å². The number of alkyl halides is 2. The first kappa shape index (κ1) is 15.4. The molecule has 0 spiro atoms. The molecular formula is C10H8Cl4N2O2. The molecule has 1 atom stereocenters. The fourth-order valence-corrected chi connectivity index (χ4v) is 1.49. The third-order valence-corrected chi connectivity index (χ3v) is 3.39. The Hall–Kier alpha value is -0.680. The Balaban J connectivity index is 2.59. The van der Waals surface area contributed by atoms with Gasteiger partial charge in [0, 0.05) is 11.6 Å². The number of rotatable bonds is 3. The van der Waals surface area contributed by atoms with Crippen LogP contribution in [0.3, 0.4) is 0 Å². The third-order valence-electron chi connectivity index (χ3n) is 1.83. The van der Waals surface area contributed by atoms with Gasteiger partial charge in [-0.15, -0.1) is 23.2 Å². The molecule has 1 aromatic carbocycles. The second-order valence-corrected chi connectivity index (χ2v) is 4.84. The number of carbonyl (C=O) groups excluding carboxylic acids is 2. The Morgan fingerprint density at radius 2 is 1.89 bits per heavy atom. The minimum absolute atomic E-state index is 0.0898. The largest absolute Gasteiger partial charge is 0.325 e. The van der Waals surface area contributed by atoms with E-state index in [9.17, 15) is 9.59 Å². The van der Waals surface area contributed by atoms with Gasteiger partial charge in [-0.05, 0) is 18.2 Å². The molecule has 0 aromatic heterocycles. The van der Waals surface area contributed by atoms with Crippen LogP contribution in [0.5, 0.6) is 0 Å². The minimum atomic E-state index is -0.966. The van der Waals surface area contributed by atoms with E-state index >= 15 is 0 Å². The number of halogens is 4. The molecule has 0 saturated heterocycles. The van der Waals surface area contributed by atoms with Crippen molar-refractivity contribution in [2.24, 2.45) is 0 Å². The lowest BCUT2D eigenvalue weighted by molar-refractivity contribution is -0.119. The van der Waals surface area contributed by atoms with Crippen molar-refractivity contribution in [1.29, 1.82) is 0 Å². The number of hydrogen-bond acceptors (Lipinski definition) is 2. The van der Waals surface area contributed by atoms with E-state index in [0.29, 0.717) is 10.7 Å². The molecule has 1 rings (SSSR count). The first-order valence-electron chi connectivity index (χ1n) is 4.71. The second-order valence-electron chi connectivity index (χ2n) is 3.19. The van der Waals surface area contributed by atoms with E-state index in [0.717, 1.165) is 0 Å². The van der Waals surface area contributed by atoms with Crippen molar-refractivity contribution in [3.63, 3.8) is 0 Å². The van der Waals surface area contributed by atoms with E-state index in [1.54, 1.807) is 0 Å². The number of imide groups is 1. The van der Waals surface area contributed by atoms with E-state index in [1.807, 2.05) is 5.32 Å². The van der Waals surface area contributed by atoms with Crippen LogP contribution < -0.4 is 10.6 Å². The third kappa shape index (κ3) is 4.53. The lowest BCUT2D eigenvalue weighted by atomic mass is 10.3. The highest BCUT2D eigenvalue weighted by Crippen LogP contribution is 2.24. The zero-order chi connectivity index (χ0) is 13.7. The summed E-state index contributed by atoms with van der Waals surface area (Å²) in [5.41, 5.74) is 0.395. The lowest BCUT2D eigenvalue weighted by Crippen LogP contribution is -2.39. The number of benzene rings is 1. The normalized spacial score (nSPS) is 11.8. The van der Waals surface area contributed by atoms with Crippen LogP contribution in [0.4, 0.5) is 10.5 Å². The summed E-state index contributed by atoms with van der Waals surface area (Å²) in [6, 6.07) is 3.78. The van der Waals surface area contributed by atoms with Crippen LogP contribution in [0, 0.1) is 0 Å². The highest BCUT2D eigenvalue weighted by Gasteiger charge is 2.16. The number of hydrogen-bond donors (Lipinski definition) is 2. The zero-order valence-corrected chi connectivity index (χ0v) is 11.9. The number of anilines is 1. The Labute approximate surface area is 124 Å². The van der Waals surface area contributed by atoms with Crippen LogP contribution in [0.15, 0.2) is 18.2 Å². The molecule has 0 aliphatic heterocycles. The van der Waals surface area contributed by atoms with Crippen LogP contribution in [0.25, 0.3) is 0 Å².